The van der Waals surface area contributed by atoms with Gasteiger partial charge in [-0.3, -0.25) is 9.89 Å². The second-order valence-electron chi connectivity index (χ2n) is 8.45. The Kier molecular flexibility index (Phi) is 11.3. The highest BCUT2D eigenvalue weighted by Crippen LogP contribution is 2.28. The van der Waals surface area contributed by atoms with E-state index < -0.39 is 0 Å². The molecule has 6 heteroatoms. The topological polar surface area (TPSA) is 48.9 Å². The van der Waals surface area contributed by atoms with Crippen molar-refractivity contribution < 1.29 is 4.74 Å². The van der Waals surface area contributed by atoms with E-state index in [2.05, 4.69) is 51.7 Å². The van der Waals surface area contributed by atoms with Crippen LogP contribution in [-0.4, -0.2) is 50.8 Å². The van der Waals surface area contributed by atoms with Crippen LogP contribution >= 0.6 is 24.0 Å². The fraction of sp³-hybridized carbons (Fsp3) is 0.696. The Labute approximate surface area is 194 Å². The van der Waals surface area contributed by atoms with Gasteiger partial charge in [0.1, 0.15) is 0 Å². The van der Waals surface area contributed by atoms with Crippen LogP contribution < -0.4 is 10.6 Å². The molecule has 0 atom stereocenters. The highest BCUT2D eigenvalue weighted by molar-refractivity contribution is 14.0. The summed E-state index contributed by atoms with van der Waals surface area (Å²) in [6, 6.07) is 8.78. The molecule has 0 spiro atoms. The number of guanidine groups is 1. The third kappa shape index (κ3) is 9.22. The molecule has 0 amide bonds. The maximum Gasteiger partial charge on any atom is 0.191 e. The monoisotopic (exact) mass is 514 g/mol. The van der Waals surface area contributed by atoms with Crippen molar-refractivity contribution in [3.8, 4) is 0 Å². The summed E-state index contributed by atoms with van der Waals surface area (Å²) in [6.07, 6.45) is 6.36. The molecule has 0 unspecified atom stereocenters. The van der Waals surface area contributed by atoms with Crippen molar-refractivity contribution in [2.45, 2.75) is 52.1 Å². The van der Waals surface area contributed by atoms with Gasteiger partial charge in [0, 0.05) is 39.9 Å². The molecule has 2 fully saturated rings. The average Bonchev–Trinajstić information content (AvgIpc) is 3.54. The fourth-order valence-corrected chi connectivity index (χ4v) is 3.66. The molecule has 1 heterocycles. The minimum atomic E-state index is 0. The molecule has 1 aromatic rings. The number of nitrogens with zero attached hydrogens (tertiary/aromatic N) is 2. The summed E-state index contributed by atoms with van der Waals surface area (Å²) in [5.41, 5.74) is 2.78. The summed E-state index contributed by atoms with van der Waals surface area (Å²) in [7, 11) is 1.83. The Morgan fingerprint density at radius 3 is 2.52 bits per heavy atom. The zero-order valence-electron chi connectivity index (χ0n) is 18.2. The van der Waals surface area contributed by atoms with Gasteiger partial charge in [-0.1, -0.05) is 31.2 Å². The zero-order chi connectivity index (χ0) is 19.6. The van der Waals surface area contributed by atoms with Crippen molar-refractivity contribution in [1.29, 1.82) is 0 Å². The number of hydrogen-bond acceptors (Lipinski definition) is 3. The molecule has 2 aliphatic rings. The van der Waals surface area contributed by atoms with Crippen LogP contribution in [0.1, 0.15) is 50.2 Å². The van der Waals surface area contributed by atoms with Crippen LogP contribution in [0.3, 0.4) is 0 Å². The molecule has 0 radical (unpaired) electrons. The molecular formula is C23H39IN4O. The van der Waals surface area contributed by atoms with Gasteiger partial charge in [0.25, 0.3) is 0 Å². The van der Waals surface area contributed by atoms with Gasteiger partial charge in [-0.15, -0.1) is 24.0 Å². The lowest BCUT2D eigenvalue weighted by atomic mass is 9.98. The fourth-order valence-electron chi connectivity index (χ4n) is 3.66. The van der Waals surface area contributed by atoms with E-state index in [1.807, 2.05) is 7.05 Å². The molecule has 1 aromatic carbocycles. The van der Waals surface area contributed by atoms with Gasteiger partial charge in [-0.05, 0) is 68.2 Å². The highest BCUT2D eigenvalue weighted by Gasteiger charge is 2.20. The Morgan fingerprint density at radius 2 is 1.83 bits per heavy atom. The van der Waals surface area contributed by atoms with Crippen LogP contribution in [-0.2, 0) is 17.8 Å². The molecule has 1 saturated heterocycles. The molecule has 1 saturated carbocycles. The summed E-state index contributed by atoms with van der Waals surface area (Å²) >= 11 is 0. The van der Waals surface area contributed by atoms with Crippen LogP contribution in [0.15, 0.2) is 29.3 Å². The second-order valence-corrected chi connectivity index (χ2v) is 8.45. The van der Waals surface area contributed by atoms with Crippen molar-refractivity contribution in [3.05, 3.63) is 35.4 Å². The summed E-state index contributed by atoms with van der Waals surface area (Å²) in [5.74, 6) is 2.58. The van der Waals surface area contributed by atoms with Gasteiger partial charge in [0.2, 0.25) is 0 Å². The number of benzene rings is 1. The molecule has 2 N–H and O–H groups in total. The lowest BCUT2D eigenvalue weighted by Gasteiger charge is -2.30. The quantitative estimate of drug-likeness (QED) is 0.214. The van der Waals surface area contributed by atoms with Crippen LogP contribution in [0.5, 0.6) is 0 Å². The normalized spacial score (nSPS) is 18.3. The Hall–Kier alpha value is -0.860. The van der Waals surface area contributed by atoms with Gasteiger partial charge >= 0.3 is 0 Å². The van der Waals surface area contributed by atoms with Gasteiger partial charge in [0.15, 0.2) is 5.96 Å². The molecule has 1 aliphatic heterocycles. The first-order chi connectivity index (χ1) is 13.7. The molecule has 164 valence electrons. The van der Waals surface area contributed by atoms with Crippen molar-refractivity contribution in [3.63, 3.8) is 0 Å². The van der Waals surface area contributed by atoms with E-state index in [0.717, 1.165) is 57.1 Å². The Balaban J connectivity index is 0.00000300. The number of hydrogen-bond donors (Lipinski definition) is 2. The number of rotatable bonds is 10. The van der Waals surface area contributed by atoms with Crippen LogP contribution in [0, 0.1) is 11.8 Å². The first-order valence-electron chi connectivity index (χ1n) is 11.1. The van der Waals surface area contributed by atoms with Gasteiger partial charge in [-0.25, -0.2) is 0 Å². The molecule has 0 bridgehead atoms. The standard InChI is InChI=1S/C23H38N4O.HI/c1-19-10-13-27(14-11-19)17-22-7-4-3-6-21(22)16-26-23(24-2)25-12-5-15-28-18-20-8-9-20;/h3-4,6-7,19-20H,5,8-18H2,1-2H3,(H2,24,25,26);1H. The van der Waals surface area contributed by atoms with E-state index in [9.17, 15) is 0 Å². The van der Waals surface area contributed by atoms with Crippen molar-refractivity contribution >= 4 is 29.9 Å². The number of nitrogens with one attached hydrogen (secondary N) is 2. The zero-order valence-corrected chi connectivity index (χ0v) is 20.5. The first-order valence-corrected chi connectivity index (χ1v) is 11.1. The maximum absolute atomic E-state index is 5.69. The summed E-state index contributed by atoms with van der Waals surface area (Å²) < 4.78 is 5.69. The highest BCUT2D eigenvalue weighted by atomic mass is 127. The number of ether oxygens (including phenoxy) is 1. The van der Waals surface area contributed by atoms with Crippen LogP contribution in [0.2, 0.25) is 0 Å². The third-order valence-electron chi connectivity index (χ3n) is 5.87. The minimum Gasteiger partial charge on any atom is -0.381 e. The predicted octanol–water partition coefficient (Wildman–Crippen LogP) is 4.02. The Bertz CT molecular complexity index is 613. The molecule has 29 heavy (non-hydrogen) atoms. The van der Waals surface area contributed by atoms with Gasteiger partial charge in [0.05, 0.1) is 0 Å². The molecular weight excluding hydrogens is 475 g/mol. The lowest BCUT2D eigenvalue weighted by Crippen LogP contribution is -2.38. The van der Waals surface area contributed by atoms with Crippen LogP contribution in [0.4, 0.5) is 0 Å². The van der Waals surface area contributed by atoms with E-state index in [0.29, 0.717) is 0 Å². The van der Waals surface area contributed by atoms with E-state index in [4.69, 9.17) is 4.74 Å². The second kappa shape index (κ2) is 13.4. The summed E-state index contributed by atoms with van der Waals surface area (Å²) in [4.78, 5) is 6.95. The van der Waals surface area contributed by atoms with Gasteiger partial charge < -0.3 is 15.4 Å². The van der Waals surface area contributed by atoms with Crippen molar-refractivity contribution in [2.75, 3.05) is 39.9 Å². The predicted molar refractivity (Wildman–Crippen MR) is 132 cm³/mol. The largest absolute Gasteiger partial charge is 0.381 e. The maximum atomic E-state index is 5.69. The first kappa shape index (κ1) is 24.4. The summed E-state index contributed by atoms with van der Waals surface area (Å²) in [6.45, 7) is 9.32. The van der Waals surface area contributed by atoms with E-state index in [-0.39, 0.29) is 24.0 Å². The van der Waals surface area contributed by atoms with E-state index in [1.165, 1.54) is 49.9 Å². The molecule has 3 rings (SSSR count). The third-order valence-corrected chi connectivity index (χ3v) is 5.87. The summed E-state index contributed by atoms with van der Waals surface area (Å²) in [5, 5.41) is 6.87. The van der Waals surface area contributed by atoms with Gasteiger partial charge in [-0.2, -0.15) is 0 Å². The SMILES string of the molecule is CN=C(NCCCOCC1CC1)NCc1ccccc1CN1CCC(C)CC1.I. The smallest absolute Gasteiger partial charge is 0.191 e. The number of piperidine rings is 1. The van der Waals surface area contributed by atoms with Crippen LogP contribution in [0.25, 0.3) is 0 Å². The number of likely N-dealkylation sites (tertiary alicyclic amines) is 1. The number of aliphatic imine (C=N–C) groups is 1. The molecule has 0 aromatic heterocycles. The van der Waals surface area contributed by atoms with E-state index in [1.54, 1.807) is 0 Å². The molecule has 1 aliphatic carbocycles. The van der Waals surface area contributed by atoms with E-state index >= 15 is 0 Å². The van der Waals surface area contributed by atoms with Crippen molar-refractivity contribution in [2.24, 2.45) is 16.8 Å². The lowest BCUT2D eigenvalue weighted by molar-refractivity contribution is 0.123. The average molecular weight is 514 g/mol. The Morgan fingerprint density at radius 1 is 1.10 bits per heavy atom. The number of halogens is 1. The molecule has 5 nitrogen and oxygen atoms in total. The minimum absolute atomic E-state index is 0. The van der Waals surface area contributed by atoms with Crippen molar-refractivity contribution in [1.82, 2.24) is 15.5 Å².